The number of benzene rings is 2. The summed E-state index contributed by atoms with van der Waals surface area (Å²) in [6.45, 7) is 0.294. The van der Waals surface area contributed by atoms with E-state index >= 15 is 0 Å². The number of nitrogens with zero attached hydrogens (tertiary/aromatic N) is 4. The molecule has 0 N–H and O–H groups in total. The van der Waals surface area contributed by atoms with Crippen LogP contribution in [0.4, 0.5) is 5.69 Å². The van der Waals surface area contributed by atoms with Crippen molar-refractivity contribution in [3.63, 3.8) is 0 Å². The Labute approximate surface area is 199 Å². The number of anilines is 1. The van der Waals surface area contributed by atoms with Crippen LogP contribution in [0.2, 0.25) is 0 Å². The molecule has 0 atom stereocenters. The standard InChI is InChI=1S/C24H21BrN4O2S/c1-28(2)20-11-7-17(8-12-20)14-22-23(30)29(16-21-4-3-13-31-21)24(32-22)27-26-15-18-5-9-19(25)10-6-18/h3-15H,16H2,1-2H3/b22-14-,26-15+,27-24-. The number of amides is 1. The van der Waals surface area contributed by atoms with Gasteiger partial charge in [-0.2, -0.15) is 5.10 Å². The Kier molecular flexibility index (Phi) is 6.92. The molecule has 1 amide bonds. The Morgan fingerprint density at radius 3 is 2.44 bits per heavy atom. The van der Waals surface area contributed by atoms with E-state index in [2.05, 4.69) is 26.1 Å². The average Bonchev–Trinajstić information content (AvgIpc) is 3.40. The molecule has 162 valence electrons. The summed E-state index contributed by atoms with van der Waals surface area (Å²) < 4.78 is 6.44. The quantitative estimate of drug-likeness (QED) is 0.246. The molecule has 32 heavy (non-hydrogen) atoms. The van der Waals surface area contributed by atoms with Gasteiger partial charge in [0.15, 0.2) is 5.17 Å². The van der Waals surface area contributed by atoms with Gasteiger partial charge in [-0.15, -0.1) is 5.10 Å². The zero-order valence-corrected chi connectivity index (χ0v) is 20.0. The Balaban J connectivity index is 1.59. The first-order valence-corrected chi connectivity index (χ1v) is 11.5. The molecule has 2 heterocycles. The summed E-state index contributed by atoms with van der Waals surface area (Å²) in [4.78, 5) is 17.4. The molecule has 0 saturated carbocycles. The molecule has 6 nitrogen and oxygen atoms in total. The molecular weight excluding hydrogens is 488 g/mol. The van der Waals surface area contributed by atoms with Gasteiger partial charge >= 0.3 is 0 Å². The lowest BCUT2D eigenvalue weighted by Crippen LogP contribution is -2.28. The molecule has 0 aliphatic carbocycles. The van der Waals surface area contributed by atoms with Crippen LogP contribution in [0.3, 0.4) is 0 Å². The van der Waals surface area contributed by atoms with Crippen LogP contribution in [0.1, 0.15) is 16.9 Å². The second kappa shape index (κ2) is 10.0. The zero-order chi connectivity index (χ0) is 22.5. The van der Waals surface area contributed by atoms with Crippen LogP contribution in [-0.4, -0.2) is 36.3 Å². The summed E-state index contributed by atoms with van der Waals surface area (Å²) in [5.74, 6) is 0.556. The van der Waals surface area contributed by atoms with Crippen LogP contribution in [0, 0.1) is 0 Å². The Morgan fingerprint density at radius 2 is 1.78 bits per heavy atom. The second-order valence-electron chi connectivity index (χ2n) is 7.25. The second-order valence-corrected chi connectivity index (χ2v) is 9.17. The molecule has 4 rings (SSSR count). The van der Waals surface area contributed by atoms with Gasteiger partial charge in [0.05, 0.1) is 23.9 Å². The van der Waals surface area contributed by atoms with Crippen molar-refractivity contribution in [2.24, 2.45) is 10.2 Å². The third-order valence-corrected chi connectivity index (χ3v) is 6.24. The van der Waals surface area contributed by atoms with Gasteiger partial charge in [-0.25, -0.2) is 0 Å². The van der Waals surface area contributed by atoms with E-state index in [0.717, 1.165) is 21.3 Å². The lowest BCUT2D eigenvalue weighted by atomic mass is 10.2. The molecule has 2 aromatic carbocycles. The van der Waals surface area contributed by atoms with E-state index in [1.165, 1.54) is 11.8 Å². The summed E-state index contributed by atoms with van der Waals surface area (Å²) in [5.41, 5.74) is 2.96. The summed E-state index contributed by atoms with van der Waals surface area (Å²) in [7, 11) is 3.99. The maximum absolute atomic E-state index is 13.1. The normalized spacial score (nSPS) is 16.6. The maximum Gasteiger partial charge on any atom is 0.267 e. The van der Waals surface area contributed by atoms with Gasteiger partial charge < -0.3 is 9.32 Å². The van der Waals surface area contributed by atoms with E-state index in [4.69, 9.17) is 4.42 Å². The maximum atomic E-state index is 13.1. The van der Waals surface area contributed by atoms with Crippen molar-refractivity contribution in [2.75, 3.05) is 19.0 Å². The summed E-state index contributed by atoms with van der Waals surface area (Å²) in [6.07, 6.45) is 5.13. The van der Waals surface area contributed by atoms with E-state index in [-0.39, 0.29) is 5.91 Å². The van der Waals surface area contributed by atoms with Crippen LogP contribution in [0.5, 0.6) is 0 Å². The molecule has 0 spiro atoms. The van der Waals surface area contributed by atoms with Gasteiger partial charge in [0.1, 0.15) is 5.76 Å². The van der Waals surface area contributed by atoms with Crippen molar-refractivity contribution in [1.29, 1.82) is 0 Å². The number of carbonyl (C=O) groups excluding carboxylic acids is 1. The number of hydrogen-bond acceptors (Lipinski definition) is 6. The fourth-order valence-electron chi connectivity index (χ4n) is 2.99. The van der Waals surface area contributed by atoms with Crippen molar-refractivity contribution in [2.45, 2.75) is 6.54 Å². The molecule has 1 aliphatic rings. The summed E-state index contributed by atoms with van der Waals surface area (Å²) in [6, 6.07) is 19.4. The largest absolute Gasteiger partial charge is 0.467 e. The predicted octanol–water partition coefficient (Wildman–Crippen LogP) is 5.61. The number of furan rings is 1. The molecule has 0 unspecified atom stereocenters. The predicted molar refractivity (Wildman–Crippen MR) is 135 cm³/mol. The van der Waals surface area contributed by atoms with Crippen LogP contribution in [0.25, 0.3) is 6.08 Å². The van der Waals surface area contributed by atoms with Crippen LogP contribution in [0.15, 0.2) is 90.9 Å². The number of halogens is 1. The SMILES string of the molecule is CN(C)c1ccc(/C=C2\S/C(=N\N=C\c3ccc(Br)cc3)N(Cc3ccco3)C2=O)cc1. The van der Waals surface area contributed by atoms with Gasteiger partial charge in [-0.1, -0.05) is 40.2 Å². The highest BCUT2D eigenvalue weighted by molar-refractivity contribution is 9.10. The minimum absolute atomic E-state index is 0.124. The van der Waals surface area contributed by atoms with E-state index in [0.29, 0.717) is 22.4 Å². The summed E-state index contributed by atoms with van der Waals surface area (Å²) in [5, 5.41) is 9.06. The Morgan fingerprint density at radius 1 is 1.06 bits per heavy atom. The van der Waals surface area contributed by atoms with Gasteiger partial charge in [0.2, 0.25) is 0 Å². The highest BCUT2D eigenvalue weighted by Crippen LogP contribution is 2.34. The molecule has 1 saturated heterocycles. The molecular formula is C24H21BrN4O2S. The molecule has 1 fully saturated rings. The van der Waals surface area contributed by atoms with Crippen LogP contribution >= 0.6 is 27.7 Å². The molecule has 8 heteroatoms. The van der Waals surface area contributed by atoms with E-state index in [9.17, 15) is 4.79 Å². The molecule has 1 aromatic heterocycles. The first-order valence-electron chi connectivity index (χ1n) is 9.87. The molecule has 3 aromatic rings. The smallest absolute Gasteiger partial charge is 0.267 e. The highest BCUT2D eigenvalue weighted by Gasteiger charge is 2.34. The van der Waals surface area contributed by atoms with Crippen molar-refractivity contribution >= 4 is 56.7 Å². The van der Waals surface area contributed by atoms with Crippen molar-refractivity contribution in [3.8, 4) is 0 Å². The first-order chi connectivity index (χ1) is 15.5. The van der Waals surface area contributed by atoms with E-state index in [1.807, 2.05) is 79.7 Å². The number of thioether (sulfide) groups is 1. The molecule has 1 aliphatic heterocycles. The van der Waals surface area contributed by atoms with E-state index < -0.39 is 0 Å². The topological polar surface area (TPSA) is 61.4 Å². The zero-order valence-electron chi connectivity index (χ0n) is 17.6. The highest BCUT2D eigenvalue weighted by atomic mass is 79.9. The lowest BCUT2D eigenvalue weighted by molar-refractivity contribution is -0.122. The van der Waals surface area contributed by atoms with Crippen LogP contribution < -0.4 is 4.90 Å². The molecule has 0 bridgehead atoms. The van der Waals surface area contributed by atoms with Crippen LogP contribution in [-0.2, 0) is 11.3 Å². The number of carbonyl (C=O) groups is 1. The minimum Gasteiger partial charge on any atom is -0.467 e. The number of hydrogen-bond donors (Lipinski definition) is 0. The van der Waals surface area contributed by atoms with Crippen molar-refractivity contribution in [3.05, 3.63) is 93.2 Å². The third-order valence-electron chi connectivity index (χ3n) is 4.71. The molecule has 0 radical (unpaired) electrons. The third kappa shape index (κ3) is 5.38. The fraction of sp³-hybridized carbons (Fsp3) is 0.125. The van der Waals surface area contributed by atoms with Gasteiger partial charge in [-0.3, -0.25) is 9.69 Å². The van der Waals surface area contributed by atoms with E-state index in [1.54, 1.807) is 23.4 Å². The Hall–Kier alpha value is -3.10. The minimum atomic E-state index is -0.124. The number of rotatable bonds is 6. The Bertz CT molecular complexity index is 1170. The van der Waals surface area contributed by atoms with Crippen molar-refractivity contribution in [1.82, 2.24) is 4.90 Å². The van der Waals surface area contributed by atoms with Gasteiger partial charge in [-0.05, 0) is 65.4 Å². The fourth-order valence-corrected chi connectivity index (χ4v) is 4.19. The monoisotopic (exact) mass is 508 g/mol. The first kappa shape index (κ1) is 22.1. The average molecular weight is 509 g/mol. The number of amidine groups is 1. The van der Waals surface area contributed by atoms with Gasteiger partial charge in [0, 0.05) is 24.3 Å². The lowest BCUT2D eigenvalue weighted by Gasteiger charge is -2.12. The van der Waals surface area contributed by atoms with Crippen molar-refractivity contribution < 1.29 is 9.21 Å². The van der Waals surface area contributed by atoms with Gasteiger partial charge in [0.25, 0.3) is 5.91 Å². The summed E-state index contributed by atoms with van der Waals surface area (Å²) >= 11 is 4.72.